The molecule has 0 unspecified atom stereocenters. The predicted molar refractivity (Wildman–Crippen MR) is 96.5 cm³/mol. The largest absolute Gasteiger partial charge is 0.493 e. The van der Waals surface area contributed by atoms with Gasteiger partial charge in [-0.3, -0.25) is 0 Å². The van der Waals surface area contributed by atoms with E-state index in [4.69, 9.17) is 9.47 Å². The number of aryl methyl sites for hydroxylation is 1. The number of ether oxygens (including phenoxy) is 2. The maximum absolute atomic E-state index is 14.2. The molecule has 0 spiro atoms. The highest BCUT2D eigenvalue weighted by molar-refractivity contribution is 5.75. The van der Waals surface area contributed by atoms with Crippen LogP contribution in [0.25, 0.3) is 0 Å². The summed E-state index contributed by atoms with van der Waals surface area (Å²) in [6, 6.07) is 9.68. The van der Waals surface area contributed by atoms with Gasteiger partial charge in [-0.15, -0.1) is 0 Å². The zero-order valence-electron chi connectivity index (χ0n) is 15.4. The Morgan fingerprint density at radius 3 is 2.35 bits per heavy atom. The van der Waals surface area contributed by atoms with Crippen LogP contribution < -0.4 is 9.47 Å². The fraction of sp³-hybridized carbons (Fsp3) is 0.381. The molecule has 0 saturated carbocycles. The minimum Gasteiger partial charge on any atom is -0.493 e. The van der Waals surface area contributed by atoms with E-state index in [0.29, 0.717) is 35.8 Å². The summed E-state index contributed by atoms with van der Waals surface area (Å²) in [5.74, 6) is -0.992. The highest BCUT2D eigenvalue weighted by Crippen LogP contribution is 2.27. The normalized spacial score (nSPS) is 10.8. The summed E-state index contributed by atoms with van der Waals surface area (Å²) in [4.78, 5) is 11.0. The van der Waals surface area contributed by atoms with Crippen molar-refractivity contribution in [3.63, 3.8) is 0 Å². The summed E-state index contributed by atoms with van der Waals surface area (Å²) >= 11 is 0. The topological polar surface area (TPSA) is 35.5 Å². The Morgan fingerprint density at radius 1 is 1.08 bits per heavy atom. The molecule has 26 heavy (non-hydrogen) atoms. The lowest BCUT2D eigenvalue weighted by atomic mass is 10.1. The third-order valence-electron chi connectivity index (χ3n) is 3.74. The highest BCUT2D eigenvalue weighted by Gasteiger charge is 2.14. The number of hydrogen-bond donors (Lipinski definition) is 0. The lowest BCUT2D eigenvalue weighted by Crippen LogP contribution is -2.08. The van der Waals surface area contributed by atoms with E-state index in [2.05, 4.69) is 0 Å². The molecular weight excluding hydrogens is 338 g/mol. The van der Waals surface area contributed by atoms with Crippen LogP contribution in [0.1, 0.15) is 38.3 Å². The van der Waals surface area contributed by atoms with Crippen LogP contribution in [0.4, 0.5) is 8.78 Å². The Balaban J connectivity index is 2.09. The van der Waals surface area contributed by atoms with Gasteiger partial charge < -0.3 is 14.3 Å². The molecule has 2 rings (SSSR count). The molecule has 140 valence electrons. The Hall–Kier alpha value is -2.43. The molecule has 0 atom stereocenters. The third-order valence-corrected chi connectivity index (χ3v) is 3.74. The van der Waals surface area contributed by atoms with Crippen molar-refractivity contribution in [3.8, 4) is 11.5 Å². The van der Waals surface area contributed by atoms with Crippen molar-refractivity contribution in [1.29, 1.82) is 0 Å². The van der Waals surface area contributed by atoms with Crippen molar-refractivity contribution in [1.82, 2.24) is 0 Å². The van der Waals surface area contributed by atoms with Crippen LogP contribution in [0.5, 0.6) is 11.5 Å². The standard InChI is InChI=1S/C21H24F2O3/c1-14(2)12-25-20-7-5-4-6-17(20)13-26-21-18(22)10-16(11-19(21)23)9-8-15(3)24/h4-7,10-11,14H,8-9,12-13H2,1-3H3. The molecule has 0 saturated heterocycles. The minimum atomic E-state index is -0.774. The summed E-state index contributed by atoms with van der Waals surface area (Å²) in [5.41, 5.74) is 1.15. The van der Waals surface area contributed by atoms with E-state index in [1.54, 1.807) is 12.1 Å². The second-order valence-corrected chi connectivity index (χ2v) is 6.69. The molecule has 2 aromatic carbocycles. The molecule has 0 aromatic heterocycles. The zero-order valence-corrected chi connectivity index (χ0v) is 15.4. The fourth-order valence-electron chi connectivity index (χ4n) is 2.39. The van der Waals surface area contributed by atoms with Gasteiger partial charge in [0.1, 0.15) is 18.1 Å². The molecule has 0 radical (unpaired) electrons. The van der Waals surface area contributed by atoms with Crippen LogP contribution in [-0.4, -0.2) is 12.4 Å². The van der Waals surface area contributed by atoms with Crippen LogP contribution in [0.3, 0.4) is 0 Å². The summed E-state index contributed by atoms with van der Waals surface area (Å²) < 4.78 is 39.5. The second kappa shape index (κ2) is 9.32. The van der Waals surface area contributed by atoms with Gasteiger partial charge in [0.25, 0.3) is 0 Å². The van der Waals surface area contributed by atoms with E-state index in [9.17, 15) is 13.6 Å². The van der Waals surface area contributed by atoms with Gasteiger partial charge in [-0.25, -0.2) is 8.78 Å². The van der Waals surface area contributed by atoms with E-state index in [1.807, 2.05) is 26.0 Å². The first-order chi connectivity index (χ1) is 12.4. The molecule has 0 aliphatic rings. The lowest BCUT2D eigenvalue weighted by Gasteiger charge is -2.14. The van der Waals surface area contributed by atoms with Crippen molar-refractivity contribution < 1.29 is 23.0 Å². The lowest BCUT2D eigenvalue weighted by molar-refractivity contribution is -0.116. The molecule has 0 heterocycles. The average Bonchev–Trinajstić information content (AvgIpc) is 2.58. The minimum absolute atomic E-state index is 0.00506. The maximum atomic E-state index is 14.2. The van der Waals surface area contributed by atoms with Gasteiger partial charge in [0.2, 0.25) is 0 Å². The number of rotatable bonds is 9. The summed E-state index contributed by atoms with van der Waals surface area (Å²) in [7, 11) is 0. The van der Waals surface area contributed by atoms with Gasteiger partial charge in [0, 0.05) is 12.0 Å². The van der Waals surface area contributed by atoms with Crippen molar-refractivity contribution in [2.75, 3.05) is 6.61 Å². The Bertz CT molecular complexity index is 734. The van der Waals surface area contributed by atoms with Crippen molar-refractivity contribution in [2.24, 2.45) is 5.92 Å². The molecular formula is C21H24F2O3. The van der Waals surface area contributed by atoms with Crippen LogP contribution in [0.15, 0.2) is 36.4 Å². The summed E-state index contributed by atoms with van der Waals surface area (Å²) in [6.07, 6.45) is 0.551. The molecule has 0 bridgehead atoms. The van der Waals surface area contributed by atoms with Crippen molar-refractivity contribution in [3.05, 3.63) is 59.2 Å². The number of Topliss-reactive ketones (excluding diaryl/α,β-unsaturated/α-hetero) is 1. The van der Waals surface area contributed by atoms with E-state index >= 15 is 0 Å². The molecule has 0 aliphatic heterocycles. The molecule has 0 aliphatic carbocycles. The summed E-state index contributed by atoms with van der Waals surface area (Å²) in [6.45, 7) is 6.07. The van der Waals surface area contributed by atoms with E-state index < -0.39 is 17.4 Å². The third kappa shape index (κ3) is 5.83. The number of ketones is 1. The number of carbonyl (C=O) groups excluding carboxylic acids is 1. The number of para-hydroxylation sites is 1. The van der Waals surface area contributed by atoms with Gasteiger partial charge in [-0.05, 0) is 43.0 Å². The molecule has 0 N–H and O–H groups in total. The SMILES string of the molecule is CC(=O)CCc1cc(F)c(OCc2ccccc2OCC(C)C)c(F)c1. The molecule has 0 fully saturated rings. The van der Waals surface area contributed by atoms with Gasteiger partial charge in [-0.1, -0.05) is 32.0 Å². The smallest absolute Gasteiger partial charge is 0.191 e. The first-order valence-corrected chi connectivity index (χ1v) is 8.67. The Labute approximate surface area is 152 Å². The Kier molecular flexibility index (Phi) is 7.13. The van der Waals surface area contributed by atoms with Gasteiger partial charge in [-0.2, -0.15) is 0 Å². The predicted octanol–water partition coefficient (Wildman–Crippen LogP) is 5.10. The number of benzene rings is 2. The van der Waals surface area contributed by atoms with Crippen molar-refractivity contribution in [2.45, 2.75) is 40.2 Å². The zero-order chi connectivity index (χ0) is 19.1. The molecule has 5 heteroatoms. The average molecular weight is 362 g/mol. The van der Waals surface area contributed by atoms with E-state index in [1.165, 1.54) is 19.1 Å². The van der Waals surface area contributed by atoms with Gasteiger partial charge in [0.05, 0.1) is 6.61 Å². The quantitative estimate of drug-likeness (QED) is 0.622. The summed E-state index contributed by atoms with van der Waals surface area (Å²) in [5, 5.41) is 0. The first-order valence-electron chi connectivity index (χ1n) is 8.67. The molecule has 3 nitrogen and oxygen atoms in total. The van der Waals surface area contributed by atoms with Gasteiger partial charge >= 0.3 is 0 Å². The fourth-order valence-corrected chi connectivity index (χ4v) is 2.39. The first kappa shape index (κ1) is 19.9. The van der Waals surface area contributed by atoms with Gasteiger partial charge in [0.15, 0.2) is 17.4 Å². The maximum Gasteiger partial charge on any atom is 0.191 e. The highest BCUT2D eigenvalue weighted by atomic mass is 19.1. The van der Waals surface area contributed by atoms with Crippen LogP contribution in [0.2, 0.25) is 0 Å². The van der Waals surface area contributed by atoms with E-state index in [0.717, 1.165) is 0 Å². The Morgan fingerprint density at radius 2 is 1.73 bits per heavy atom. The molecule has 2 aromatic rings. The van der Waals surface area contributed by atoms with Crippen LogP contribution in [-0.2, 0) is 17.8 Å². The number of carbonyl (C=O) groups is 1. The van der Waals surface area contributed by atoms with Crippen LogP contribution >= 0.6 is 0 Å². The van der Waals surface area contributed by atoms with E-state index in [-0.39, 0.29) is 18.8 Å². The monoisotopic (exact) mass is 362 g/mol. The van der Waals surface area contributed by atoms with Crippen molar-refractivity contribution >= 4 is 5.78 Å². The van der Waals surface area contributed by atoms with Crippen LogP contribution in [0, 0.1) is 17.6 Å². The molecule has 0 amide bonds. The second-order valence-electron chi connectivity index (χ2n) is 6.69. The number of hydrogen-bond acceptors (Lipinski definition) is 3. The number of halogens is 2.